The molecule has 0 unspecified atom stereocenters. The van der Waals surface area contributed by atoms with Gasteiger partial charge >= 0.3 is 0 Å². The highest BCUT2D eigenvalue weighted by Crippen LogP contribution is 2.20. The topological polar surface area (TPSA) is 55.1 Å². The maximum absolute atomic E-state index is 13.6. The van der Waals surface area contributed by atoms with Gasteiger partial charge in [0, 0.05) is 16.3 Å². The van der Waals surface area contributed by atoms with E-state index >= 15 is 0 Å². The van der Waals surface area contributed by atoms with Crippen LogP contribution in [0.5, 0.6) is 0 Å². The number of halogens is 2. The van der Waals surface area contributed by atoms with Crippen LogP contribution in [0.25, 0.3) is 0 Å². The summed E-state index contributed by atoms with van der Waals surface area (Å²) in [5.41, 5.74) is 7.16. The molecule has 1 amide bonds. The number of hydrogen-bond donors (Lipinski definition) is 2. The van der Waals surface area contributed by atoms with Crippen molar-refractivity contribution in [2.75, 3.05) is 11.1 Å². The monoisotopic (exact) mass is 278 g/mol. The fraction of sp³-hybridized carbons (Fsp3) is 0.0714. The second kappa shape index (κ2) is 5.28. The van der Waals surface area contributed by atoms with E-state index in [0.717, 1.165) is 5.56 Å². The number of nitrogen functional groups attached to an aromatic ring is 1. The van der Waals surface area contributed by atoms with Crippen LogP contribution in [0.1, 0.15) is 15.9 Å². The van der Waals surface area contributed by atoms with Gasteiger partial charge in [0.2, 0.25) is 0 Å². The first-order chi connectivity index (χ1) is 8.95. The minimum absolute atomic E-state index is 0.120. The van der Waals surface area contributed by atoms with Crippen LogP contribution >= 0.6 is 11.6 Å². The lowest BCUT2D eigenvalue weighted by molar-refractivity contribution is 0.102. The van der Waals surface area contributed by atoms with Gasteiger partial charge in [-0.3, -0.25) is 4.79 Å². The van der Waals surface area contributed by atoms with Crippen molar-refractivity contribution in [3.8, 4) is 0 Å². The van der Waals surface area contributed by atoms with Crippen LogP contribution in [0.3, 0.4) is 0 Å². The molecule has 0 aromatic heterocycles. The van der Waals surface area contributed by atoms with Gasteiger partial charge in [-0.1, -0.05) is 17.7 Å². The molecule has 2 aromatic rings. The van der Waals surface area contributed by atoms with E-state index in [4.69, 9.17) is 17.3 Å². The Morgan fingerprint density at radius 3 is 2.63 bits per heavy atom. The molecule has 0 radical (unpaired) electrons. The number of nitrogens with two attached hydrogens (primary N) is 1. The lowest BCUT2D eigenvalue weighted by atomic mass is 10.1. The van der Waals surface area contributed by atoms with Crippen LogP contribution in [0.2, 0.25) is 5.02 Å². The SMILES string of the molecule is Cc1ccc(NC(=O)c2cc(N)cc(Cl)c2)c(F)c1. The molecule has 2 rings (SSSR count). The zero-order chi connectivity index (χ0) is 14.0. The molecule has 0 aliphatic heterocycles. The van der Waals surface area contributed by atoms with E-state index in [1.165, 1.54) is 30.3 Å². The summed E-state index contributed by atoms with van der Waals surface area (Å²) in [4.78, 5) is 12.0. The third-order valence-electron chi connectivity index (χ3n) is 2.56. The summed E-state index contributed by atoms with van der Waals surface area (Å²) < 4.78 is 13.6. The van der Waals surface area contributed by atoms with Crippen molar-refractivity contribution in [1.82, 2.24) is 0 Å². The van der Waals surface area contributed by atoms with Crippen LogP contribution in [0, 0.1) is 12.7 Å². The van der Waals surface area contributed by atoms with Crippen LogP contribution in [0.15, 0.2) is 36.4 Å². The average Bonchev–Trinajstić information content (AvgIpc) is 2.31. The summed E-state index contributed by atoms with van der Waals surface area (Å²) in [6, 6.07) is 9.06. The minimum Gasteiger partial charge on any atom is -0.399 e. The molecular weight excluding hydrogens is 267 g/mol. The second-order valence-electron chi connectivity index (χ2n) is 4.21. The van der Waals surface area contributed by atoms with E-state index in [0.29, 0.717) is 10.7 Å². The maximum Gasteiger partial charge on any atom is 0.255 e. The number of carbonyl (C=O) groups is 1. The normalized spacial score (nSPS) is 10.3. The molecule has 2 aromatic carbocycles. The van der Waals surface area contributed by atoms with Crippen LogP contribution in [0.4, 0.5) is 15.8 Å². The van der Waals surface area contributed by atoms with Crippen molar-refractivity contribution in [3.63, 3.8) is 0 Å². The highest BCUT2D eigenvalue weighted by molar-refractivity contribution is 6.31. The van der Waals surface area contributed by atoms with E-state index in [1.807, 2.05) is 0 Å². The Bertz CT molecular complexity index is 623. The fourth-order valence-electron chi connectivity index (χ4n) is 1.66. The smallest absolute Gasteiger partial charge is 0.255 e. The van der Waals surface area contributed by atoms with E-state index < -0.39 is 11.7 Å². The molecular formula is C14H12ClFN2O. The van der Waals surface area contributed by atoms with Gasteiger partial charge in [-0.2, -0.15) is 0 Å². The summed E-state index contributed by atoms with van der Waals surface area (Å²) >= 11 is 5.82. The van der Waals surface area contributed by atoms with Gasteiger partial charge in [-0.15, -0.1) is 0 Å². The van der Waals surface area contributed by atoms with Crippen molar-refractivity contribution >= 4 is 28.9 Å². The number of aryl methyl sites for hydroxylation is 1. The molecule has 0 fully saturated rings. The predicted octanol–water partition coefficient (Wildman–Crippen LogP) is 3.62. The molecule has 0 atom stereocenters. The summed E-state index contributed by atoms with van der Waals surface area (Å²) in [5.74, 6) is -0.944. The first-order valence-electron chi connectivity index (χ1n) is 5.59. The van der Waals surface area contributed by atoms with Gasteiger partial charge in [0.25, 0.3) is 5.91 Å². The molecule has 3 N–H and O–H groups in total. The van der Waals surface area contributed by atoms with Crippen LogP contribution in [-0.2, 0) is 0 Å². The van der Waals surface area contributed by atoms with Crippen molar-refractivity contribution in [1.29, 1.82) is 0 Å². The number of anilines is 2. The zero-order valence-corrected chi connectivity index (χ0v) is 11.0. The van der Waals surface area contributed by atoms with E-state index in [-0.39, 0.29) is 11.3 Å². The first kappa shape index (κ1) is 13.4. The Morgan fingerprint density at radius 2 is 2.00 bits per heavy atom. The minimum atomic E-state index is -0.483. The molecule has 19 heavy (non-hydrogen) atoms. The molecule has 0 aliphatic carbocycles. The number of rotatable bonds is 2. The highest BCUT2D eigenvalue weighted by atomic mass is 35.5. The number of amides is 1. The fourth-order valence-corrected chi connectivity index (χ4v) is 1.90. The first-order valence-corrected chi connectivity index (χ1v) is 5.97. The van der Waals surface area contributed by atoms with E-state index in [2.05, 4.69) is 5.32 Å². The van der Waals surface area contributed by atoms with Gasteiger partial charge in [-0.25, -0.2) is 4.39 Å². The Kier molecular flexibility index (Phi) is 3.71. The Morgan fingerprint density at radius 1 is 1.26 bits per heavy atom. The quantitative estimate of drug-likeness (QED) is 0.824. The molecule has 0 heterocycles. The molecule has 98 valence electrons. The summed E-state index contributed by atoms with van der Waals surface area (Å²) in [7, 11) is 0. The van der Waals surface area contributed by atoms with Gasteiger partial charge < -0.3 is 11.1 Å². The number of benzene rings is 2. The molecule has 0 bridgehead atoms. The molecule has 0 aliphatic rings. The molecule has 0 spiro atoms. The largest absolute Gasteiger partial charge is 0.399 e. The van der Waals surface area contributed by atoms with Crippen molar-refractivity contribution in [3.05, 3.63) is 58.4 Å². The maximum atomic E-state index is 13.6. The Labute approximate surface area is 115 Å². The van der Waals surface area contributed by atoms with Crippen molar-refractivity contribution < 1.29 is 9.18 Å². The van der Waals surface area contributed by atoms with Gasteiger partial charge in [-0.05, 0) is 42.8 Å². The number of carbonyl (C=O) groups excluding carboxylic acids is 1. The standard InChI is InChI=1S/C14H12ClFN2O/c1-8-2-3-13(12(16)4-8)18-14(19)9-5-10(15)7-11(17)6-9/h2-7H,17H2,1H3,(H,18,19). The molecule has 0 saturated carbocycles. The van der Waals surface area contributed by atoms with Crippen LogP contribution < -0.4 is 11.1 Å². The summed E-state index contributed by atoms with van der Waals surface area (Å²) in [6.45, 7) is 1.77. The number of nitrogens with one attached hydrogen (secondary N) is 1. The molecule has 3 nitrogen and oxygen atoms in total. The highest BCUT2D eigenvalue weighted by Gasteiger charge is 2.10. The molecule has 5 heteroatoms. The predicted molar refractivity (Wildman–Crippen MR) is 75.0 cm³/mol. The van der Waals surface area contributed by atoms with Crippen molar-refractivity contribution in [2.24, 2.45) is 0 Å². The summed E-state index contributed by atoms with van der Waals surface area (Å²) in [6.07, 6.45) is 0. The van der Waals surface area contributed by atoms with Gasteiger partial charge in [0.1, 0.15) is 5.82 Å². The Hall–Kier alpha value is -2.07. The van der Waals surface area contributed by atoms with Crippen molar-refractivity contribution in [2.45, 2.75) is 6.92 Å². The second-order valence-corrected chi connectivity index (χ2v) is 4.65. The third kappa shape index (κ3) is 3.23. The van der Waals surface area contributed by atoms with E-state index in [9.17, 15) is 9.18 Å². The van der Waals surface area contributed by atoms with E-state index in [1.54, 1.807) is 13.0 Å². The van der Waals surface area contributed by atoms with Gasteiger partial charge in [0.15, 0.2) is 0 Å². The lowest BCUT2D eigenvalue weighted by Gasteiger charge is -2.08. The average molecular weight is 279 g/mol. The number of hydrogen-bond acceptors (Lipinski definition) is 2. The Balaban J connectivity index is 2.25. The summed E-state index contributed by atoms with van der Waals surface area (Å²) in [5, 5.41) is 2.84. The molecule has 0 saturated heterocycles. The van der Waals surface area contributed by atoms with Crippen LogP contribution in [-0.4, -0.2) is 5.91 Å². The van der Waals surface area contributed by atoms with Gasteiger partial charge in [0.05, 0.1) is 5.69 Å². The third-order valence-corrected chi connectivity index (χ3v) is 2.77. The lowest BCUT2D eigenvalue weighted by Crippen LogP contribution is -2.13. The zero-order valence-electron chi connectivity index (χ0n) is 10.2.